The van der Waals surface area contributed by atoms with Gasteiger partial charge in [0.25, 0.3) is 0 Å². The first-order valence-corrected chi connectivity index (χ1v) is 6.30. The lowest BCUT2D eigenvalue weighted by Crippen LogP contribution is -2.43. The highest BCUT2D eigenvalue weighted by atomic mass is 35.5. The first-order valence-electron chi connectivity index (χ1n) is 5.92. The molecule has 2 nitrogen and oxygen atoms in total. The van der Waals surface area contributed by atoms with E-state index in [1.54, 1.807) is 0 Å². The average Bonchev–Trinajstić information content (AvgIpc) is 2.15. The quantitative estimate of drug-likeness (QED) is 0.892. The summed E-state index contributed by atoms with van der Waals surface area (Å²) in [7, 11) is 0. The Morgan fingerprint density at radius 3 is 2.47 bits per heavy atom. The molecule has 2 unspecified atom stereocenters. The van der Waals surface area contributed by atoms with Crippen LogP contribution in [0, 0.1) is 5.41 Å². The second-order valence-electron chi connectivity index (χ2n) is 5.59. The lowest BCUT2D eigenvalue weighted by Gasteiger charge is -2.33. The molecule has 1 aromatic carbocycles. The van der Waals surface area contributed by atoms with Gasteiger partial charge in [0.15, 0.2) is 0 Å². The van der Waals surface area contributed by atoms with E-state index >= 15 is 0 Å². The third-order valence-electron chi connectivity index (χ3n) is 2.65. The van der Waals surface area contributed by atoms with Gasteiger partial charge in [0.2, 0.25) is 0 Å². The Kier molecular flexibility index (Phi) is 4.99. The molecule has 0 aromatic heterocycles. The minimum Gasteiger partial charge on any atom is -0.371 e. The molecule has 2 N–H and O–H groups in total. The van der Waals surface area contributed by atoms with Gasteiger partial charge in [-0.05, 0) is 30.0 Å². The van der Waals surface area contributed by atoms with Crippen molar-refractivity contribution in [3.8, 4) is 0 Å². The van der Waals surface area contributed by atoms with Gasteiger partial charge in [-0.15, -0.1) is 0 Å². The molecule has 0 aliphatic rings. The van der Waals surface area contributed by atoms with Crippen LogP contribution < -0.4 is 5.73 Å². The normalized spacial score (nSPS) is 15.6. The predicted molar refractivity (Wildman–Crippen MR) is 73.1 cm³/mol. The fourth-order valence-corrected chi connectivity index (χ4v) is 2.22. The first-order chi connectivity index (χ1) is 7.80. The predicted octanol–water partition coefficient (Wildman–Crippen LogP) is 3.62. The number of hydrogen-bond donors (Lipinski definition) is 1. The third-order valence-corrected chi connectivity index (χ3v) is 2.88. The van der Waals surface area contributed by atoms with Crippen molar-refractivity contribution < 1.29 is 4.74 Å². The Labute approximate surface area is 109 Å². The van der Waals surface area contributed by atoms with Crippen LogP contribution >= 0.6 is 11.6 Å². The van der Waals surface area contributed by atoms with E-state index in [9.17, 15) is 0 Å². The van der Waals surface area contributed by atoms with E-state index in [-0.39, 0.29) is 17.6 Å². The van der Waals surface area contributed by atoms with Gasteiger partial charge >= 0.3 is 0 Å². The number of nitrogens with two attached hydrogens (primary N) is 1. The molecule has 0 saturated heterocycles. The Morgan fingerprint density at radius 1 is 1.35 bits per heavy atom. The number of benzene rings is 1. The minimum absolute atomic E-state index is 0.00850. The lowest BCUT2D eigenvalue weighted by molar-refractivity contribution is -0.0399. The largest absolute Gasteiger partial charge is 0.371 e. The maximum Gasteiger partial charge on any atom is 0.0775 e. The summed E-state index contributed by atoms with van der Waals surface area (Å²) in [6, 6.07) is 7.72. The van der Waals surface area contributed by atoms with Crippen LogP contribution in [-0.4, -0.2) is 12.1 Å². The van der Waals surface area contributed by atoms with E-state index in [1.807, 2.05) is 31.2 Å². The molecule has 1 rings (SSSR count). The summed E-state index contributed by atoms with van der Waals surface area (Å²) < 4.78 is 5.93. The van der Waals surface area contributed by atoms with Crippen LogP contribution in [0.2, 0.25) is 5.02 Å². The summed E-state index contributed by atoms with van der Waals surface area (Å²) in [5, 5.41) is 0.735. The van der Waals surface area contributed by atoms with E-state index in [4.69, 9.17) is 22.1 Å². The molecule has 1 aromatic rings. The van der Waals surface area contributed by atoms with Gasteiger partial charge in [0.1, 0.15) is 0 Å². The molecule has 0 fully saturated rings. The highest BCUT2D eigenvalue weighted by molar-refractivity contribution is 6.30. The van der Waals surface area contributed by atoms with Crippen molar-refractivity contribution in [2.45, 2.75) is 46.4 Å². The van der Waals surface area contributed by atoms with Crippen LogP contribution in [0.25, 0.3) is 0 Å². The fourth-order valence-electron chi connectivity index (χ4n) is 2.00. The van der Waals surface area contributed by atoms with Crippen molar-refractivity contribution in [3.63, 3.8) is 0 Å². The second-order valence-corrected chi connectivity index (χ2v) is 6.02. The molecule has 0 saturated carbocycles. The maximum atomic E-state index is 5.97. The van der Waals surface area contributed by atoms with Gasteiger partial charge in [-0.1, -0.05) is 44.5 Å². The molecule has 0 aliphatic carbocycles. The summed E-state index contributed by atoms with van der Waals surface area (Å²) in [5.41, 5.74) is 7.08. The van der Waals surface area contributed by atoms with Crippen LogP contribution in [-0.2, 0) is 11.3 Å². The average molecular weight is 256 g/mol. The lowest BCUT2D eigenvalue weighted by atomic mass is 9.85. The SMILES string of the molecule is CC(N)C(OCc1cccc(Cl)c1)C(C)(C)C. The number of rotatable bonds is 4. The summed E-state index contributed by atoms with van der Waals surface area (Å²) in [6.07, 6.45) is 0.0291. The minimum atomic E-state index is 0.00850. The molecule has 0 aliphatic heterocycles. The summed E-state index contributed by atoms with van der Waals surface area (Å²) >= 11 is 5.93. The monoisotopic (exact) mass is 255 g/mol. The zero-order valence-corrected chi connectivity index (χ0v) is 11.8. The molecular weight excluding hydrogens is 234 g/mol. The second kappa shape index (κ2) is 5.85. The standard InChI is InChI=1S/C14H22ClNO/c1-10(16)13(14(2,3)4)17-9-11-6-5-7-12(15)8-11/h5-8,10,13H,9,16H2,1-4H3. The molecule has 0 heterocycles. The Hall–Kier alpha value is -0.570. The fraction of sp³-hybridized carbons (Fsp3) is 0.571. The zero-order chi connectivity index (χ0) is 13.1. The van der Waals surface area contributed by atoms with Gasteiger partial charge in [-0.2, -0.15) is 0 Å². The topological polar surface area (TPSA) is 35.2 Å². The van der Waals surface area contributed by atoms with E-state index in [0.29, 0.717) is 6.61 Å². The molecule has 3 heteroatoms. The van der Waals surface area contributed by atoms with Crippen molar-refractivity contribution in [1.29, 1.82) is 0 Å². The summed E-state index contributed by atoms with van der Waals surface area (Å²) in [6.45, 7) is 8.94. The van der Waals surface area contributed by atoms with Gasteiger partial charge in [-0.3, -0.25) is 0 Å². The molecular formula is C14H22ClNO. The van der Waals surface area contributed by atoms with Crippen LogP contribution in [0.4, 0.5) is 0 Å². The van der Waals surface area contributed by atoms with Gasteiger partial charge < -0.3 is 10.5 Å². The van der Waals surface area contributed by atoms with Gasteiger partial charge in [-0.25, -0.2) is 0 Å². The first kappa shape index (κ1) is 14.5. The Balaban J connectivity index is 2.65. The Bertz CT molecular complexity index is 357. The van der Waals surface area contributed by atoms with E-state index in [1.165, 1.54) is 0 Å². The molecule has 2 atom stereocenters. The van der Waals surface area contributed by atoms with Crippen molar-refractivity contribution in [2.75, 3.05) is 0 Å². The van der Waals surface area contributed by atoms with Crippen LogP contribution in [0.3, 0.4) is 0 Å². The van der Waals surface area contributed by atoms with Gasteiger partial charge in [0.05, 0.1) is 12.7 Å². The molecule has 0 spiro atoms. The number of halogens is 1. The van der Waals surface area contributed by atoms with E-state index < -0.39 is 0 Å². The summed E-state index contributed by atoms with van der Waals surface area (Å²) in [4.78, 5) is 0. The number of hydrogen-bond acceptors (Lipinski definition) is 2. The maximum absolute atomic E-state index is 5.97. The Morgan fingerprint density at radius 2 is 2.00 bits per heavy atom. The van der Waals surface area contributed by atoms with E-state index in [0.717, 1.165) is 10.6 Å². The van der Waals surface area contributed by atoms with E-state index in [2.05, 4.69) is 20.8 Å². The number of ether oxygens (including phenoxy) is 1. The highest BCUT2D eigenvalue weighted by Crippen LogP contribution is 2.25. The molecule has 0 radical (unpaired) electrons. The molecule has 0 amide bonds. The van der Waals surface area contributed by atoms with Crippen LogP contribution in [0.15, 0.2) is 24.3 Å². The third kappa shape index (κ3) is 4.66. The van der Waals surface area contributed by atoms with Gasteiger partial charge in [0, 0.05) is 11.1 Å². The zero-order valence-electron chi connectivity index (χ0n) is 11.0. The van der Waals surface area contributed by atoms with Crippen molar-refractivity contribution >= 4 is 11.6 Å². The van der Waals surface area contributed by atoms with Crippen molar-refractivity contribution in [2.24, 2.45) is 11.1 Å². The smallest absolute Gasteiger partial charge is 0.0775 e. The molecule has 0 bridgehead atoms. The highest BCUT2D eigenvalue weighted by Gasteiger charge is 2.28. The molecule has 96 valence electrons. The van der Waals surface area contributed by atoms with Crippen molar-refractivity contribution in [1.82, 2.24) is 0 Å². The van der Waals surface area contributed by atoms with Crippen LogP contribution in [0.1, 0.15) is 33.3 Å². The summed E-state index contributed by atoms with van der Waals surface area (Å²) in [5.74, 6) is 0. The molecule has 17 heavy (non-hydrogen) atoms. The van der Waals surface area contributed by atoms with Crippen molar-refractivity contribution in [3.05, 3.63) is 34.9 Å². The van der Waals surface area contributed by atoms with Crippen LogP contribution in [0.5, 0.6) is 0 Å².